The molecule has 0 atom stereocenters. The molecule has 1 saturated heterocycles. The summed E-state index contributed by atoms with van der Waals surface area (Å²) in [4.78, 5) is 2.39. The zero-order valence-corrected chi connectivity index (χ0v) is 12.9. The maximum atomic E-state index is 8.78. The first-order chi connectivity index (χ1) is 10.3. The van der Waals surface area contributed by atoms with Gasteiger partial charge in [0.25, 0.3) is 0 Å². The van der Waals surface area contributed by atoms with Crippen molar-refractivity contribution >= 4 is 5.69 Å². The number of aliphatic hydroxyl groups is 1. The van der Waals surface area contributed by atoms with E-state index < -0.39 is 0 Å². The number of ether oxygens (including phenoxy) is 1. The Hall–Kier alpha value is -1.30. The van der Waals surface area contributed by atoms with Crippen molar-refractivity contribution in [3.8, 4) is 5.75 Å². The van der Waals surface area contributed by atoms with Crippen LogP contribution in [0.25, 0.3) is 0 Å². The van der Waals surface area contributed by atoms with Gasteiger partial charge < -0.3 is 25.4 Å². The summed E-state index contributed by atoms with van der Waals surface area (Å²) in [6, 6.07) is 6.43. The molecule has 1 aromatic rings. The number of hydrogen-bond acceptors (Lipinski definition) is 5. The molecule has 0 bridgehead atoms. The Balaban J connectivity index is 2.01. The predicted octanol–water partition coefficient (Wildman–Crippen LogP) is 0.967. The van der Waals surface area contributed by atoms with Crippen molar-refractivity contribution in [2.75, 3.05) is 51.3 Å². The van der Waals surface area contributed by atoms with E-state index in [0.29, 0.717) is 0 Å². The van der Waals surface area contributed by atoms with Crippen molar-refractivity contribution < 1.29 is 9.84 Å². The molecule has 5 nitrogen and oxygen atoms in total. The van der Waals surface area contributed by atoms with Crippen LogP contribution in [0.2, 0.25) is 0 Å². The molecular formula is C16H27N3O2. The van der Waals surface area contributed by atoms with Crippen molar-refractivity contribution in [2.24, 2.45) is 0 Å². The lowest BCUT2D eigenvalue weighted by atomic mass is 10.1. The number of hydrogen-bond donors (Lipinski definition) is 3. The topological polar surface area (TPSA) is 56.8 Å². The monoisotopic (exact) mass is 293 g/mol. The van der Waals surface area contributed by atoms with Crippen molar-refractivity contribution in [2.45, 2.75) is 19.4 Å². The van der Waals surface area contributed by atoms with E-state index in [-0.39, 0.29) is 6.61 Å². The van der Waals surface area contributed by atoms with Gasteiger partial charge in [0.1, 0.15) is 5.75 Å². The maximum Gasteiger partial charge on any atom is 0.142 e. The Labute approximate surface area is 127 Å². The Morgan fingerprint density at radius 3 is 3.05 bits per heavy atom. The van der Waals surface area contributed by atoms with Gasteiger partial charge in [0.2, 0.25) is 0 Å². The van der Waals surface area contributed by atoms with E-state index in [0.717, 1.165) is 57.9 Å². The van der Waals surface area contributed by atoms with E-state index in [2.05, 4.69) is 33.7 Å². The molecule has 21 heavy (non-hydrogen) atoms. The van der Waals surface area contributed by atoms with Gasteiger partial charge in [-0.25, -0.2) is 0 Å². The van der Waals surface area contributed by atoms with Gasteiger partial charge in [0.05, 0.1) is 12.8 Å². The van der Waals surface area contributed by atoms with Crippen LogP contribution in [0, 0.1) is 0 Å². The molecule has 2 rings (SSSR count). The first-order valence-electron chi connectivity index (χ1n) is 7.79. The molecule has 1 heterocycles. The second kappa shape index (κ2) is 8.87. The Morgan fingerprint density at radius 2 is 2.24 bits per heavy atom. The second-order valence-corrected chi connectivity index (χ2v) is 5.35. The van der Waals surface area contributed by atoms with Crippen LogP contribution in [0.3, 0.4) is 0 Å². The molecule has 0 unspecified atom stereocenters. The second-order valence-electron chi connectivity index (χ2n) is 5.35. The lowest BCUT2D eigenvalue weighted by Gasteiger charge is -2.25. The van der Waals surface area contributed by atoms with Gasteiger partial charge in [0.15, 0.2) is 0 Å². The van der Waals surface area contributed by atoms with Gasteiger partial charge in [-0.3, -0.25) is 0 Å². The highest BCUT2D eigenvalue weighted by molar-refractivity contribution is 5.60. The van der Waals surface area contributed by atoms with Crippen molar-refractivity contribution in [1.29, 1.82) is 0 Å². The summed E-state index contributed by atoms with van der Waals surface area (Å²) in [5, 5.41) is 15.5. The number of aliphatic hydroxyl groups excluding tert-OH is 1. The van der Waals surface area contributed by atoms with E-state index in [4.69, 9.17) is 9.84 Å². The molecule has 1 aromatic carbocycles. The zero-order chi connectivity index (χ0) is 14.9. The zero-order valence-electron chi connectivity index (χ0n) is 12.9. The summed E-state index contributed by atoms with van der Waals surface area (Å²) in [7, 11) is 1.73. The summed E-state index contributed by atoms with van der Waals surface area (Å²) in [5.41, 5.74) is 2.39. The van der Waals surface area contributed by atoms with Crippen LogP contribution >= 0.6 is 0 Å². The highest BCUT2D eigenvalue weighted by atomic mass is 16.5. The summed E-state index contributed by atoms with van der Waals surface area (Å²) >= 11 is 0. The summed E-state index contributed by atoms with van der Waals surface area (Å²) in [6.45, 7) is 6.07. The number of anilines is 1. The SMILES string of the molecule is COc1cc(CNCCCO)ccc1N1CCCNCC1. The van der Waals surface area contributed by atoms with E-state index in [1.807, 2.05) is 0 Å². The third-order valence-corrected chi connectivity index (χ3v) is 3.77. The molecule has 0 radical (unpaired) electrons. The average molecular weight is 293 g/mol. The molecule has 0 aliphatic carbocycles. The molecule has 0 aromatic heterocycles. The van der Waals surface area contributed by atoms with Crippen molar-refractivity contribution in [3.63, 3.8) is 0 Å². The van der Waals surface area contributed by atoms with E-state index >= 15 is 0 Å². The Bertz CT molecular complexity index is 418. The van der Waals surface area contributed by atoms with Crippen LogP contribution in [0.15, 0.2) is 18.2 Å². The quantitative estimate of drug-likeness (QED) is 0.654. The molecule has 0 saturated carbocycles. The molecule has 0 spiro atoms. The van der Waals surface area contributed by atoms with Crippen molar-refractivity contribution in [3.05, 3.63) is 23.8 Å². The fourth-order valence-electron chi connectivity index (χ4n) is 2.62. The molecule has 3 N–H and O–H groups in total. The molecule has 1 fully saturated rings. The number of nitrogens with zero attached hydrogens (tertiary/aromatic N) is 1. The minimum absolute atomic E-state index is 0.234. The standard InChI is InChI=1S/C16H27N3O2/c1-21-16-12-14(13-18-7-3-11-20)4-5-15(16)19-9-2-6-17-8-10-19/h4-5,12,17-18,20H,2-3,6-11,13H2,1H3. The van der Waals surface area contributed by atoms with Gasteiger partial charge in [-0.2, -0.15) is 0 Å². The van der Waals surface area contributed by atoms with Crippen LogP contribution in [0.1, 0.15) is 18.4 Å². The molecule has 0 amide bonds. The van der Waals surface area contributed by atoms with Gasteiger partial charge in [-0.1, -0.05) is 6.07 Å². The average Bonchev–Trinajstić information content (AvgIpc) is 2.80. The molecule has 118 valence electrons. The summed E-state index contributed by atoms with van der Waals surface area (Å²) < 4.78 is 5.58. The normalized spacial score (nSPS) is 15.8. The smallest absolute Gasteiger partial charge is 0.142 e. The lowest BCUT2D eigenvalue weighted by molar-refractivity contribution is 0.286. The predicted molar refractivity (Wildman–Crippen MR) is 86.1 cm³/mol. The van der Waals surface area contributed by atoms with Gasteiger partial charge in [-0.15, -0.1) is 0 Å². The minimum Gasteiger partial charge on any atom is -0.495 e. The van der Waals surface area contributed by atoms with Gasteiger partial charge in [-0.05, 0) is 43.6 Å². The summed E-state index contributed by atoms with van der Waals surface area (Å²) in [6.07, 6.45) is 1.95. The molecule has 5 heteroatoms. The highest BCUT2D eigenvalue weighted by Gasteiger charge is 2.14. The van der Waals surface area contributed by atoms with Gasteiger partial charge in [0, 0.05) is 32.8 Å². The number of benzene rings is 1. The summed E-state index contributed by atoms with van der Waals surface area (Å²) in [5.74, 6) is 0.943. The van der Waals surface area contributed by atoms with Crippen molar-refractivity contribution in [1.82, 2.24) is 10.6 Å². The first-order valence-corrected chi connectivity index (χ1v) is 7.79. The number of rotatable bonds is 7. The number of methoxy groups -OCH3 is 1. The molecule has 1 aliphatic rings. The molecule has 1 aliphatic heterocycles. The third kappa shape index (κ3) is 4.88. The highest BCUT2D eigenvalue weighted by Crippen LogP contribution is 2.29. The van der Waals surface area contributed by atoms with Crippen LogP contribution in [-0.2, 0) is 6.54 Å². The van der Waals surface area contributed by atoms with Crippen LogP contribution in [0.5, 0.6) is 5.75 Å². The number of nitrogens with one attached hydrogen (secondary N) is 2. The first kappa shape index (κ1) is 16.1. The Morgan fingerprint density at radius 1 is 1.33 bits per heavy atom. The third-order valence-electron chi connectivity index (χ3n) is 3.77. The van der Waals surface area contributed by atoms with E-state index in [1.54, 1.807) is 7.11 Å². The lowest BCUT2D eigenvalue weighted by Crippen LogP contribution is -2.28. The van der Waals surface area contributed by atoms with E-state index in [1.165, 1.54) is 11.3 Å². The fourth-order valence-corrected chi connectivity index (χ4v) is 2.62. The van der Waals surface area contributed by atoms with Crippen LogP contribution < -0.4 is 20.3 Å². The fraction of sp³-hybridized carbons (Fsp3) is 0.625. The van der Waals surface area contributed by atoms with E-state index in [9.17, 15) is 0 Å². The largest absolute Gasteiger partial charge is 0.495 e. The molecular weight excluding hydrogens is 266 g/mol. The van der Waals surface area contributed by atoms with Gasteiger partial charge >= 0.3 is 0 Å². The minimum atomic E-state index is 0.234. The Kier molecular flexibility index (Phi) is 6.79. The van der Waals surface area contributed by atoms with Crippen LogP contribution in [0.4, 0.5) is 5.69 Å². The van der Waals surface area contributed by atoms with Crippen LogP contribution in [-0.4, -0.2) is 51.5 Å². The maximum absolute atomic E-state index is 8.78.